The number of hydrogen-bond donors (Lipinski definition) is 0. The van der Waals surface area contributed by atoms with Crippen molar-refractivity contribution in [2.24, 2.45) is 0 Å². The van der Waals surface area contributed by atoms with E-state index in [1.54, 1.807) is 23.1 Å². The molecule has 0 saturated carbocycles. The second-order valence-corrected chi connectivity index (χ2v) is 9.51. The summed E-state index contributed by atoms with van der Waals surface area (Å²) in [5.74, 6) is 0.0994. The number of hydrogen-bond acceptors (Lipinski definition) is 7. The Hall–Kier alpha value is -2.29. The molecule has 2 heterocycles. The maximum absolute atomic E-state index is 12.7. The molecule has 2 aliphatic heterocycles. The molecule has 3 rings (SSSR count). The highest BCUT2D eigenvalue weighted by molar-refractivity contribution is 7.91. The summed E-state index contributed by atoms with van der Waals surface area (Å²) in [6.07, 6.45) is 2.82. The number of nitrogens with zero attached hydrogens (tertiary/aromatic N) is 1. The number of benzene rings is 1. The summed E-state index contributed by atoms with van der Waals surface area (Å²) in [6.45, 7) is 3.08. The van der Waals surface area contributed by atoms with Crippen molar-refractivity contribution in [3.8, 4) is 11.5 Å². The van der Waals surface area contributed by atoms with Crippen molar-refractivity contribution >= 4 is 21.7 Å². The van der Waals surface area contributed by atoms with Crippen molar-refractivity contribution < 1.29 is 32.2 Å². The summed E-state index contributed by atoms with van der Waals surface area (Å²) in [4.78, 5) is 26.6. The number of carbonyl (C=O) groups is 2. The van der Waals surface area contributed by atoms with Gasteiger partial charge in [-0.2, -0.15) is 0 Å². The van der Waals surface area contributed by atoms with Crippen molar-refractivity contribution in [1.29, 1.82) is 0 Å². The highest BCUT2D eigenvalue weighted by atomic mass is 32.2. The molecule has 160 valence electrons. The van der Waals surface area contributed by atoms with Gasteiger partial charge in [-0.25, -0.2) is 13.2 Å². The Labute approximate surface area is 171 Å². The van der Waals surface area contributed by atoms with E-state index < -0.39 is 22.4 Å². The number of fused-ring (bicyclic) bond motifs is 1. The Kier molecular flexibility index (Phi) is 7.00. The summed E-state index contributed by atoms with van der Waals surface area (Å²) < 4.78 is 39.9. The fraction of sp³-hybridized carbons (Fsp3) is 0.600. The van der Waals surface area contributed by atoms with Crippen LogP contribution in [0.25, 0.3) is 0 Å². The molecule has 1 amide bonds. The average molecular weight is 426 g/mol. The third kappa shape index (κ3) is 5.62. The molecule has 9 heteroatoms. The number of carbonyl (C=O) groups excluding carboxylic acids is 2. The zero-order chi connectivity index (χ0) is 20.9. The number of rotatable bonds is 7. The predicted molar refractivity (Wildman–Crippen MR) is 106 cm³/mol. The molecule has 1 unspecified atom stereocenters. The molecule has 1 fully saturated rings. The van der Waals surface area contributed by atoms with Crippen LogP contribution in [0.1, 0.15) is 43.0 Å². The van der Waals surface area contributed by atoms with E-state index in [-0.39, 0.29) is 29.0 Å². The van der Waals surface area contributed by atoms with E-state index in [0.29, 0.717) is 37.7 Å². The molecular weight excluding hydrogens is 398 g/mol. The lowest BCUT2D eigenvalue weighted by molar-refractivity contribution is -0.136. The van der Waals surface area contributed by atoms with Gasteiger partial charge in [-0.15, -0.1) is 0 Å². The predicted octanol–water partition coefficient (Wildman–Crippen LogP) is 1.82. The lowest BCUT2D eigenvalue weighted by Gasteiger charge is -2.28. The van der Waals surface area contributed by atoms with Gasteiger partial charge < -0.3 is 19.1 Å². The maximum Gasteiger partial charge on any atom is 0.338 e. The Morgan fingerprint density at radius 3 is 2.66 bits per heavy atom. The molecule has 0 spiro atoms. The Morgan fingerprint density at radius 2 is 1.97 bits per heavy atom. The zero-order valence-corrected chi connectivity index (χ0v) is 17.4. The van der Waals surface area contributed by atoms with Gasteiger partial charge in [0.1, 0.15) is 0 Å². The molecule has 0 N–H and O–H groups in total. The fourth-order valence-corrected chi connectivity index (χ4v) is 5.18. The van der Waals surface area contributed by atoms with E-state index in [9.17, 15) is 18.0 Å². The minimum atomic E-state index is -3.11. The number of ether oxygens (including phenoxy) is 3. The maximum atomic E-state index is 12.7. The number of unbranched alkanes of at least 4 members (excludes halogenated alkanes) is 1. The first kappa shape index (κ1) is 21.4. The summed E-state index contributed by atoms with van der Waals surface area (Å²) in [6, 6.07) is 4.41. The molecule has 1 atom stereocenters. The van der Waals surface area contributed by atoms with Crippen LogP contribution >= 0.6 is 0 Å². The van der Waals surface area contributed by atoms with Gasteiger partial charge in [0.25, 0.3) is 5.91 Å². The summed E-state index contributed by atoms with van der Waals surface area (Å²) in [5.41, 5.74) is 0.269. The minimum Gasteiger partial charge on any atom is -0.490 e. The molecule has 0 radical (unpaired) electrons. The van der Waals surface area contributed by atoms with Crippen molar-refractivity contribution in [3.63, 3.8) is 0 Å². The van der Waals surface area contributed by atoms with Gasteiger partial charge in [-0.3, -0.25) is 4.79 Å². The third-order valence-corrected chi connectivity index (χ3v) is 6.78. The molecule has 29 heavy (non-hydrogen) atoms. The number of amides is 1. The summed E-state index contributed by atoms with van der Waals surface area (Å²) >= 11 is 0. The first-order chi connectivity index (χ1) is 13.9. The molecule has 0 bridgehead atoms. The normalized spacial score (nSPS) is 20.0. The molecular formula is C20H27NO7S. The van der Waals surface area contributed by atoms with Crippen molar-refractivity contribution in [2.45, 2.75) is 38.6 Å². The van der Waals surface area contributed by atoms with Gasteiger partial charge in [0.15, 0.2) is 27.9 Å². The quantitative estimate of drug-likeness (QED) is 0.615. The molecule has 8 nitrogen and oxygen atoms in total. The molecule has 1 aromatic carbocycles. The van der Waals surface area contributed by atoms with Gasteiger partial charge in [0.2, 0.25) is 0 Å². The van der Waals surface area contributed by atoms with Crippen LogP contribution in [0.3, 0.4) is 0 Å². The van der Waals surface area contributed by atoms with Crippen molar-refractivity contribution in [1.82, 2.24) is 4.90 Å². The highest BCUT2D eigenvalue weighted by Gasteiger charge is 2.34. The molecule has 1 saturated heterocycles. The molecule has 0 aliphatic carbocycles. The fourth-order valence-electron chi connectivity index (χ4n) is 3.44. The van der Waals surface area contributed by atoms with Gasteiger partial charge in [0.05, 0.1) is 30.3 Å². The molecule has 0 aromatic heterocycles. The van der Waals surface area contributed by atoms with Crippen LogP contribution in [0.5, 0.6) is 11.5 Å². The summed E-state index contributed by atoms with van der Waals surface area (Å²) in [7, 11) is -3.11. The average Bonchev–Trinajstić information content (AvgIpc) is 2.91. The molecule has 2 aliphatic rings. The van der Waals surface area contributed by atoms with Crippen LogP contribution in [0.2, 0.25) is 0 Å². The highest BCUT2D eigenvalue weighted by Crippen LogP contribution is 2.30. The lowest BCUT2D eigenvalue weighted by atomic mass is 10.2. The van der Waals surface area contributed by atoms with E-state index in [4.69, 9.17) is 14.2 Å². The first-order valence-corrected chi connectivity index (χ1v) is 11.8. The topological polar surface area (TPSA) is 99.2 Å². The van der Waals surface area contributed by atoms with E-state index in [1.807, 2.05) is 6.92 Å². The Morgan fingerprint density at radius 1 is 1.21 bits per heavy atom. The van der Waals surface area contributed by atoms with Gasteiger partial charge in [-0.05, 0) is 31.0 Å². The Balaban J connectivity index is 1.61. The second kappa shape index (κ2) is 9.47. The first-order valence-electron chi connectivity index (χ1n) is 9.96. The number of esters is 1. The van der Waals surface area contributed by atoms with E-state index in [1.165, 1.54) is 0 Å². The van der Waals surface area contributed by atoms with Crippen molar-refractivity contribution in [3.05, 3.63) is 23.8 Å². The smallest absolute Gasteiger partial charge is 0.338 e. The van der Waals surface area contributed by atoms with Crippen molar-refractivity contribution in [2.75, 3.05) is 37.9 Å². The minimum absolute atomic E-state index is 0.0292. The lowest BCUT2D eigenvalue weighted by Crippen LogP contribution is -2.43. The van der Waals surface area contributed by atoms with Crippen LogP contribution < -0.4 is 9.47 Å². The van der Waals surface area contributed by atoms with E-state index >= 15 is 0 Å². The standard InChI is InChI=1S/C20H27NO7S/c1-2-3-8-21(16-7-11-29(24,25)14-16)19(22)13-28-20(23)15-5-6-17-18(12-15)27-10-4-9-26-17/h5-6,12,16H,2-4,7-11,13-14H2,1H3. The van der Waals surface area contributed by atoms with Gasteiger partial charge in [-0.1, -0.05) is 13.3 Å². The van der Waals surface area contributed by atoms with Crippen LogP contribution in [-0.4, -0.2) is 69.1 Å². The van der Waals surface area contributed by atoms with Gasteiger partial charge >= 0.3 is 5.97 Å². The largest absolute Gasteiger partial charge is 0.490 e. The second-order valence-electron chi connectivity index (χ2n) is 7.29. The SMILES string of the molecule is CCCCN(C(=O)COC(=O)c1ccc2c(c1)OCCCO2)C1CCS(=O)(=O)C1. The number of sulfone groups is 1. The van der Waals surface area contributed by atoms with Crippen LogP contribution in [0.4, 0.5) is 0 Å². The van der Waals surface area contributed by atoms with E-state index in [2.05, 4.69) is 0 Å². The van der Waals surface area contributed by atoms with Crippen LogP contribution in [-0.2, 0) is 19.4 Å². The monoisotopic (exact) mass is 425 g/mol. The zero-order valence-electron chi connectivity index (χ0n) is 16.6. The molecule has 1 aromatic rings. The van der Waals surface area contributed by atoms with E-state index in [0.717, 1.165) is 19.3 Å². The van der Waals surface area contributed by atoms with Gasteiger partial charge in [0, 0.05) is 19.0 Å². The van der Waals surface area contributed by atoms with Crippen LogP contribution in [0.15, 0.2) is 18.2 Å². The Bertz CT molecular complexity index is 852. The van der Waals surface area contributed by atoms with Crippen LogP contribution in [0, 0.1) is 0 Å². The third-order valence-electron chi connectivity index (χ3n) is 5.03. The summed E-state index contributed by atoms with van der Waals surface area (Å²) in [5, 5.41) is 0.